The van der Waals surface area contributed by atoms with Crippen LogP contribution in [0.1, 0.15) is 24.0 Å². The van der Waals surface area contributed by atoms with Crippen LogP contribution in [0.4, 0.5) is 24.5 Å². The predicted octanol–water partition coefficient (Wildman–Crippen LogP) is 4.73. The van der Waals surface area contributed by atoms with Crippen molar-refractivity contribution >= 4 is 17.3 Å². The summed E-state index contributed by atoms with van der Waals surface area (Å²) in [5.74, 6) is -0.418. The summed E-state index contributed by atoms with van der Waals surface area (Å²) in [5.41, 5.74) is 0.480. The average Bonchev–Trinajstić information content (AvgIpc) is 2.55. The summed E-state index contributed by atoms with van der Waals surface area (Å²) in [6, 6.07) is 13.5. The third-order valence-electron chi connectivity index (χ3n) is 3.81. The monoisotopic (exact) mass is 350 g/mol. The van der Waals surface area contributed by atoms with Gasteiger partial charge in [0.05, 0.1) is 11.3 Å². The summed E-state index contributed by atoms with van der Waals surface area (Å²) < 4.78 is 39.7. The zero-order valence-corrected chi connectivity index (χ0v) is 14.2. The highest BCUT2D eigenvalue weighted by Gasteiger charge is 2.34. The molecule has 0 aromatic heterocycles. The molecule has 0 aliphatic rings. The van der Waals surface area contributed by atoms with Crippen molar-refractivity contribution in [3.8, 4) is 0 Å². The summed E-state index contributed by atoms with van der Waals surface area (Å²) >= 11 is 0. The summed E-state index contributed by atoms with van der Waals surface area (Å²) in [6.07, 6.45) is -3.08. The van der Waals surface area contributed by atoms with Crippen molar-refractivity contribution in [3.05, 3.63) is 59.7 Å². The molecule has 6 heteroatoms. The Morgan fingerprint density at radius 1 is 1.08 bits per heavy atom. The molecule has 0 heterocycles. The van der Waals surface area contributed by atoms with Crippen molar-refractivity contribution in [2.24, 2.45) is 0 Å². The first kappa shape index (κ1) is 18.8. The molecule has 0 atom stereocenters. The standard InChI is InChI=1S/C19H21F3N2O/c1-24(2)15-11-12-17(16(13-15)19(20,21)22)23-18(25)10-6-9-14-7-4-3-5-8-14/h3-5,7-8,11-13H,6,9-10H2,1-2H3,(H,23,25). The molecule has 0 spiro atoms. The molecule has 25 heavy (non-hydrogen) atoms. The summed E-state index contributed by atoms with van der Waals surface area (Å²) in [5, 5.41) is 2.39. The molecule has 2 aromatic rings. The lowest BCUT2D eigenvalue weighted by molar-refractivity contribution is -0.136. The number of carbonyl (C=O) groups is 1. The van der Waals surface area contributed by atoms with E-state index in [1.165, 1.54) is 6.07 Å². The Kier molecular flexibility index (Phi) is 6.07. The number of aryl methyl sites for hydroxylation is 1. The van der Waals surface area contributed by atoms with E-state index < -0.39 is 17.6 Å². The van der Waals surface area contributed by atoms with Crippen LogP contribution in [0.5, 0.6) is 0 Å². The zero-order chi connectivity index (χ0) is 18.4. The van der Waals surface area contributed by atoms with Gasteiger partial charge in [0.15, 0.2) is 0 Å². The van der Waals surface area contributed by atoms with Gasteiger partial charge in [0.2, 0.25) is 5.91 Å². The van der Waals surface area contributed by atoms with E-state index >= 15 is 0 Å². The maximum Gasteiger partial charge on any atom is 0.418 e. The number of carbonyl (C=O) groups excluding carboxylic acids is 1. The lowest BCUT2D eigenvalue weighted by atomic mass is 10.1. The Bertz CT molecular complexity index is 712. The molecule has 0 bridgehead atoms. The minimum Gasteiger partial charge on any atom is -0.378 e. The quantitative estimate of drug-likeness (QED) is 0.817. The first-order valence-electron chi connectivity index (χ1n) is 7.99. The molecule has 1 amide bonds. The molecule has 2 aromatic carbocycles. The molecule has 134 valence electrons. The van der Waals surface area contributed by atoms with E-state index in [1.807, 2.05) is 30.3 Å². The number of anilines is 2. The summed E-state index contributed by atoms with van der Waals surface area (Å²) in [7, 11) is 3.33. The van der Waals surface area contributed by atoms with Gasteiger partial charge in [-0.15, -0.1) is 0 Å². The third-order valence-corrected chi connectivity index (χ3v) is 3.81. The summed E-state index contributed by atoms with van der Waals surface area (Å²) in [4.78, 5) is 13.6. The second kappa shape index (κ2) is 8.05. The van der Waals surface area contributed by atoms with Crippen molar-refractivity contribution in [2.75, 3.05) is 24.3 Å². The fraction of sp³-hybridized carbons (Fsp3) is 0.316. The number of alkyl halides is 3. The van der Waals surface area contributed by atoms with E-state index in [1.54, 1.807) is 25.1 Å². The molecule has 0 saturated carbocycles. The number of halogens is 3. The van der Waals surface area contributed by atoms with Crippen molar-refractivity contribution in [2.45, 2.75) is 25.4 Å². The fourth-order valence-electron chi connectivity index (χ4n) is 2.46. The number of hydrogen-bond donors (Lipinski definition) is 1. The lowest BCUT2D eigenvalue weighted by Gasteiger charge is -2.18. The second-order valence-corrected chi connectivity index (χ2v) is 6.01. The van der Waals surface area contributed by atoms with Crippen LogP contribution in [0.2, 0.25) is 0 Å². The highest BCUT2D eigenvalue weighted by atomic mass is 19.4. The Morgan fingerprint density at radius 3 is 2.36 bits per heavy atom. The van der Waals surface area contributed by atoms with Crippen LogP contribution in [0.15, 0.2) is 48.5 Å². The Morgan fingerprint density at radius 2 is 1.76 bits per heavy atom. The van der Waals surface area contributed by atoms with Crippen molar-refractivity contribution in [3.63, 3.8) is 0 Å². The van der Waals surface area contributed by atoms with E-state index in [2.05, 4.69) is 5.32 Å². The number of benzene rings is 2. The van der Waals surface area contributed by atoms with E-state index in [0.717, 1.165) is 11.6 Å². The maximum absolute atomic E-state index is 13.2. The van der Waals surface area contributed by atoms with Gasteiger partial charge in [-0.05, 0) is 36.6 Å². The van der Waals surface area contributed by atoms with Crippen molar-refractivity contribution in [1.82, 2.24) is 0 Å². The molecule has 1 N–H and O–H groups in total. The van der Waals surface area contributed by atoms with Gasteiger partial charge in [-0.25, -0.2) is 0 Å². The van der Waals surface area contributed by atoms with Gasteiger partial charge in [-0.2, -0.15) is 13.2 Å². The van der Waals surface area contributed by atoms with E-state index in [0.29, 0.717) is 18.5 Å². The largest absolute Gasteiger partial charge is 0.418 e. The van der Waals surface area contributed by atoms with E-state index in [-0.39, 0.29) is 12.1 Å². The Labute approximate surface area is 145 Å². The van der Waals surface area contributed by atoms with Gasteiger partial charge in [0.1, 0.15) is 0 Å². The van der Waals surface area contributed by atoms with Gasteiger partial charge < -0.3 is 10.2 Å². The first-order chi connectivity index (χ1) is 11.8. The van der Waals surface area contributed by atoms with Crippen LogP contribution in [0, 0.1) is 0 Å². The molecule has 0 aliphatic heterocycles. The third kappa shape index (κ3) is 5.52. The van der Waals surface area contributed by atoms with Crippen LogP contribution in [0.25, 0.3) is 0 Å². The van der Waals surface area contributed by atoms with Gasteiger partial charge in [0, 0.05) is 26.2 Å². The van der Waals surface area contributed by atoms with Crippen LogP contribution in [-0.2, 0) is 17.4 Å². The van der Waals surface area contributed by atoms with Crippen LogP contribution < -0.4 is 10.2 Å². The van der Waals surface area contributed by atoms with Gasteiger partial charge in [0.25, 0.3) is 0 Å². The second-order valence-electron chi connectivity index (χ2n) is 6.01. The smallest absolute Gasteiger partial charge is 0.378 e. The lowest BCUT2D eigenvalue weighted by Crippen LogP contribution is -2.18. The first-order valence-corrected chi connectivity index (χ1v) is 7.99. The predicted molar refractivity (Wildman–Crippen MR) is 93.8 cm³/mol. The molecule has 3 nitrogen and oxygen atoms in total. The average molecular weight is 350 g/mol. The van der Waals surface area contributed by atoms with Crippen LogP contribution in [-0.4, -0.2) is 20.0 Å². The van der Waals surface area contributed by atoms with Crippen molar-refractivity contribution < 1.29 is 18.0 Å². The zero-order valence-electron chi connectivity index (χ0n) is 14.2. The number of amides is 1. The molecular weight excluding hydrogens is 329 g/mol. The number of nitrogens with zero attached hydrogens (tertiary/aromatic N) is 1. The molecule has 2 rings (SSSR count). The van der Waals surface area contributed by atoms with Gasteiger partial charge >= 0.3 is 6.18 Å². The number of rotatable bonds is 6. The SMILES string of the molecule is CN(C)c1ccc(NC(=O)CCCc2ccccc2)c(C(F)(F)F)c1. The highest BCUT2D eigenvalue weighted by molar-refractivity contribution is 5.92. The number of hydrogen-bond acceptors (Lipinski definition) is 2. The number of nitrogens with one attached hydrogen (secondary N) is 1. The molecule has 0 fully saturated rings. The van der Waals surface area contributed by atoms with Gasteiger partial charge in [-0.1, -0.05) is 30.3 Å². The topological polar surface area (TPSA) is 32.3 Å². The maximum atomic E-state index is 13.2. The minimum atomic E-state index is -4.53. The van der Waals surface area contributed by atoms with Crippen molar-refractivity contribution in [1.29, 1.82) is 0 Å². The Balaban J connectivity index is 2.02. The molecule has 0 unspecified atom stereocenters. The molecule has 0 saturated heterocycles. The normalized spacial score (nSPS) is 11.2. The molecule has 0 radical (unpaired) electrons. The van der Waals surface area contributed by atoms with E-state index in [4.69, 9.17) is 0 Å². The molecular formula is C19H21F3N2O. The minimum absolute atomic E-state index is 0.168. The highest BCUT2D eigenvalue weighted by Crippen LogP contribution is 2.37. The Hall–Kier alpha value is -2.50. The van der Waals surface area contributed by atoms with E-state index in [9.17, 15) is 18.0 Å². The van der Waals surface area contributed by atoms with Gasteiger partial charge in [-0.3, -0.25) is 4.79 Å². The fourth-order valence-corrected chi connectivity index (χ4v) is 2.46. The van der Waals surface area contributed by atoms with Crippen LogP contribution >= 0.6 is 0 Å². The summed E-state index contributed by atoms with van der Waals surface area (Å²) in [6.45, 7) is 0. The molecule has 0 aliphatic carbocycles. The van der Waals surface area contributed by atoms with Crippen LogP contribution in [0.3, 0.4) is 0 Å².